The summed E-state index contributed by atoms with van der Waals surface area (Å²) in [6.45, 7) is 1.87. The highest BCUT2D eigenvalue weighted by atomic mass is 35.5. The third-order valence-corrected chi connectivity index (χ3v) is 2.08. The van der Waals surface area contributed by atoms with Gasteiger partial charge in [-0.25, -0.2) is 0 Å². The van der Waals surface area contributed by atoms with Crippen LogP contribution in [0.4, 0.5) is 0 Å². The maximum atomic E-state index is 10.5. The molecule has 0 spiro atoms. The second-order valence-corrected chi connectivity index (χ2v) is 2.86. The van der Waals surface area contributed by atoms with Gasteiger partial charge in [0.2, 0.25) is 0 Å². The van der Waals surface area contributed by atoms with Crippen molar-refractivity contribution in [3.63, 3.8) is 0 Å². The van der Waals surface area contributed by atoms with Crippen molar-refractivity contribution in [2.24, 2.45) is 0 Å². The molecule has 12 heavy (non-hydrogen) atoms. The zero-order valence-corrected chi connectivity index (χ0v) is 7.85. The molecule has 0 saturated heterocycles. The highest BCUT2D eigenvalue weighted by Gasteiger charge is 2.11. The molecule has 0 atom stereocenters. The average molecular weight is 205 g/mol. The molecule has 0 aliphatic rings. The Balaban J connectivity index is 3.38. The second-order valence-electron chi connectivity index (χ2n) is 2.15. The monoisotopic (exact) mass is 204 g/mol. The first kappa shape index (κ1) is 9.42. The van der Waals surface area contributed by atoms with E-state index in [1.54, 1.807) is 0 Å². The van der Waals surface area contributed by atoms with Crippen LogP contribution in [0.15, 0.2) is 0 Å². The van der Waals surface area contributed by atoms with Gasteiger partial charge in [-0.2, -0.15) is 0 Å². The molecular formula is C7H6Cl2N2O. The zero-order chi connectivity index (χ0) is 9.14. The van der Waals surface area contributed by atoms with E-state index in [2.05, 4.69) is 10.2 Å². The Morgan fingerprint density at radius 3 is 2.33 bits per heavy atom. The fourth-order valence-electron chi connectivity index (χ4n) is 0.894. The van der Waals surface area contributed by atoms with E-state index in [0.29, 0.717) is 23.8 Å². The number of hydrogen-bond acceptors (Lipinski definition) is 3. The third kappa shape index (κ3) is 1.57. The molecule has 0 amide bonds. The lowest BCUT2D eigenvalue weighted by molar-refractivity contribution is 0.112. The van der Waals surface area contributed by atoms with Gasteiger partial charge in [0.05, 0.1) is 5.56 Å². The van der Waals surface area contributed by atoms with Gasteiger partial charge in [0.25, 0.3) is 0 Å². The fraction of sp³-hybridized carbons (Fsp3) is 0.286. The summed E-state index contributed by atoms with van der Waals surface area (Å²) < 4.78 is 0. The smallest absolute Gasteiger partial charge is 0.162 e. The summed E-state index contributed by atoms with van der Waals surface area (Å²) in [5.74, 6) is 0. The number of rotatable bonds is 2. The molecule has 64 valence electrons. The lowest BCUT2D eigenvalue weighted by Gasteiger charge is -2.02. The minimum absolute atomic E-state index is 0.103. The molecule has 1 aromatic heterocycles. The third-order valence-electron chi connectivity index (χ3n) is 1.49. The predicted octanol–water partition coefficient (Wildman–Crippen LogP) is 2.16. The number of halogens is 2. The standard InChI is InChI=1S/C7H6Cl2N2O/c1-2-4-5(3-12)7(9)11-10-6(4)8/h3H,2H2,1H3. The normalized spacial score (nSPS) is 9.92. The van der Waals surface area contributed by atoms with Crippen molar-refractivity contribution in [1.29, 1.82) is 0 Å². The van der Waals surface area contributed by atoms with Crippen molar-refractivity contribution in [3.05, 3.63) is 21.4 Å². The van der Waals surface area contributed by atoms with E-state index in [4.69, 9.17) is 23.2 Å². The topological polar surface area (TPSA) is 42.9 Å². The molecule has 3 nitrogen and oxygen atoms in total. The van der Waals surface area contributed by atoms with Crippen LogP contribution in [-0.2, 0) is 6.42 Å². The molecule has 1 aromatic rings. The molecule has 1 heterocycles. The Kier molecular flexibility index (Phi) is 3.00. The summed E-state index contributed by atoms with van der Waals surface area (Å²) in [6.07, 6.45) is 1.25. The van der Waals surface area contributed by atoms with Crippen LogP contribution in [0.25, 0.3) is 0 Å². The first-order chi connectivity index (χ1) is 5.70. The first-order valence-corrected chi connectivity index (χ1v) is 4.12. The molecular weight excluding hydrogens is 199 g/mol. The molecule has 0 aliphatic carbocycles. The van der Waals surface area contributed by atoms with Gasteiger partial charge < -0.3 is 0 Å². The molecule has 0 aromatic carbocycles. The molecule has 0 N–H and O–H groups in total. The van der Waals surface area contributed by atoms with Crippen molar-refractivity contribution < 1.29 is 4.79 Å². The molecule has 5 heteroatoms. The van der Waals surface area contributed by atoms with E-state index < -0.39 is 0 Å². The van der Waals surface area contributed by atoms with Gasteiger partial charge in [0, 0.05) is 5.56 Å². The predicted molar refractivity (Wildman–Crippen MR) is 46.8 cm³/mol. The number of aromatic nitrogens is 2. The fourth-order valence-corrected chi connectivity index (χ4v) is 1.36. The van der Waals surface area contributed by atoms with Crippen molar-refractivity contribution in [3.8, 4) is 0 Å². The van der Waals surface area contributed by atoms with Crippen LogP contribution in [0.2, 0.25) is 10.3 Å². The van der Waals surface area contributed by atoms with E-state index in [1.165, 1.54) is 0 Å². The quantitative estimate of drug-likeness (QED) is 0.694. The summed E-state index contributed by atoms with van der Waals surface area (Å²) in [6, 6.07) is 0. The van der Waals surface area contributed by atoms with Gasteiger partial charge in [-0.15, -0.1) is 10.2 Å². The molecule has 0 radical (unpaired) electrons. The van der Waals surface area contributed by atoms with E-state index in [9.17, 15) is 4.79 Å². The van der Waals surface area contributed by atoms with Crippen LogP contribution in [0.3, 0.4) is 0 Å². The average Bonchev–Trinajstić information content (AvgIpc) is 2.08. The maximum Gasteiger partial charge on any atom is 0.162 e. The lowest BCUT2D eigenvalue weighted by Crippen LogP contribution is -1.98. The Morgan fingerprint density at radius 2 is 1.92 bits per heavy atom. The van der Waals surface area contributed by atoms with Crippen LogP contribution in [-0.4, -0.2) is 16.5 Å². The van der Waals surface area contributed by atoms with E-state index in [-0.39, 0.29) is 10.3 Å². The van der Waals surface area contributed by atoms with Gasteiger partial charge in [-0.3, -0.25) is 4.79 Å². The molecule has 0 unspecified atom stereocenters. The largest absolute Gasteiger partial charge is 0.298 e. The zero-order valence-electron chi connectivity index (χ0n) is 6.34. The van der Waals surface area contributed by atoms with E-state index >= 15 is 0 Å². The lowest BCUT2D eigenvalue weighted by atomic mass is 10.1. The van der Waals surface area contributed by atoms with E-state index in [0.717, 1.165) is 0 Å². The van der Waals surface area contributed by atoms with Gasteiger partial charge in [-0.05, 0) is 6.42 Å². The number of carbonyl (C=O) groups excluding carboxylic acids is 1. The molecule has 0 aliphatic heterocycles. The van der Waals surface area contributed by atoms with Crippen LogP contribution in [0.5, 0.6) is 0 Å². The van der Waals surface area contributed by atoms with Crippen molar-refractivity contribution in [2.45, 2.75) is 13.3 Å². The van der Waals surface area contributed by atoms with Crippen molar-refractivity contribution >= 4 is 29.5 Å². The minimum atomic E-state index is 0.103. The van der Waals surface area contributed by atoms with E-state index in [1.807, 2.05) is 6.92 Å². The van der Waals surface area contributed by atoms with Crippen molar-refractivity contribution in [2.75, 3.05) is 0 Å². The highest BCUT2D eigenvalue weighted by Crippen LogP contribution is 2.21. The van der Waals surface area contributed by atoms with Crippen LogP contribution in [0.1, 0.15) is 22.8 Å². The Morgan fingerprint density at radius 1 is 1.33 bits per heavy atom. The molecule has 0 fully saturated rings. The van der Waals surface area contributed by atoms with Crippen LogP contribution >= 0.6 is 23.2 Å². The summed E-state index contributed by atoms with van der Waals surface area (Å²) >= 11 is 11.3. The number of aldehydes is 1. The highest BCUT2D eigenvalue weighted by molar-refractivity contribution is 6.33. The number of hydrogen-bond donors (Lipinski definition) is 0. The summed E-state index contributed by atoms with van der Waals surface area (Å²) in [7, 11) is 0. The molecule has 0 saturated carbocycles. The second kappa shape index (κ2) is 3.83. The Labute approximate surface area is 79.7 Å². The molecule has 1 rings (SSSR count). The Hall–Kier alpha value is -0.670. The summed E-state index contributed by atoms with van der Waals surface area (Å²) in [4.78, 5) is 10.5. The first-order valence-electron chi connectivity index (χ1n) is 3.36. The van der Waals surface area contributed by atoms with Gasteiger partial charge in [0.1, 0.15) is 0 Å². The summed E-state index contributed by atoms with van der Waals surface area (Å²) in [5.41, 5.74) is 0.978. The van der Waals surface area contributed by atoms with Crippen molar-refractivity contribution in [1.82, 2.24) is 10.2 Å². The van der Waals surface area contributed by atoms with Gasteiger partial charge >= 0.3 is 0 Å². The van der Waals surface area contributed by atoms with Gasteiger partial charge in [0.15, 0.2) is 16.6 Å². The number of carbonyl (C=O) groups is 1. The van der Waals surface area contributed by atoms with Gasteiger partial charge in [-0.1, -0.05) is 30.1 Å². The molecule has 0 bridgehead atoms. The summed E-state index contributed by atoms with van der Waals surface area (Å²) in [5, 5.41) is 7.44. The minimum Gasteiger partial charge on any atom is -0.298 e. The van der Waals surface area contributed by atoms with Crippen LogP contribution < -0.4 is 0 Å². The SMILES string of the molecule is CCc1c(Cl)nnc(Cl)c1C=O. The maximum absolute atomic E-state index is 10.5. The van der Waals surface area contributed by atoms with Crippen LogP contribution in [0, 0.1) is 0 Å². The Bertz CT molecular complexity index is 315. The number of nitrogens with zero attached hydrogens (tertiary/aromatic N) is 2.